The Balaban J connectivity index is 1.61. The van der Waals surface area contributed by atoms with Gasteiger partial charge >= 0.3 is 0 Å². The van der Waals surface area contributed by atoms with Crippen molar-refractivity contribution in [2.45, 2.75) is 45.3 Å². The molecule has 1 fully saturated rings. The lowest BCUT2D eigenvalue weighted by Gasteiger charge is -2.32. The van der Waals surface area contributed by atoms with Gasteiger partial charge in [-0.15, -0.1) is 0 Å². The zero-order valence-electron chi connectivity index (χ0n) is 18.4. The second-order valence-electron chi connectivity index (χ2n) is 8.20. The highest BCUT2D eigenvalue weighted by atomic mass is 32.2. The second kappa shape index (κ2) is 8.08. The van der Waals surface area contributed by atoms with E-state index in [1.807, 2.05) is 36.2 Å². The molecule has 6 heteroatoms. The van der Waals surface area contributed by atoms with Crippen molar-refractivity contribution in [2.75, 3.05) is 12.9 Å². The molecule has 4 heterocycles. The summed E-state index contributed by atoms with van der Waals surface area (Å²) in [5.41, 5.74) is 6.02. The van der Waals surface area contributed by atoms with Crippen LogP contribution in [0.3, 0.4) is 0 Å². The van der Waals surface area contributed by atoms with E-state index < -0.39 is 0 Å². The van der Waals surface area contributed by atoms with Gasteiger partial charge in [-0.05, 0) is 68.3 Å². The largest absolute Gasteiger partial charge is 0.497 e. The number of pyridine rings is 1. The Hall–Kier alpha value is -2.73. The van der Waals surface area contributed by atoms with E-state index in [-0.39, 0.29) is 12.1 Å². The highest BCUT2D eigenvalue weighted by Crippen LogP contribution is 2.49. The van der Waals surface area contributed by atoms with Crippen molar-refractivity contribution in [3.8, 4) is 11.4 Å². The normalized spacial score (nSPS) is 22.5. The number of aromatic nitrogens is 2. The summed E-state index contributed by atoms with van der Waals surface area (Å²) >= 11 is 1.89. The number of benzene rings is 1. The quantitative estimate of drug-likeness (QED) is 0.536. The number of rotatable bonds is 5. The van der Waals surface area contributed by atoms with Crippen LogP contribution in [0.1, 0.15) is 48.1 Å². The molecule has 3 atom stereocenters. The minimum absolute atomic E-state index is 0.0165. The van der Waals surface area contributed by atoms with Gasteiger partial charge in [0.25, 0.3) is 0 Å². The van der Waals surface area contributed by atoms with E-state index in [4.69, 9.17) is 9.73 Å². The van der Waals surface area contributed by atoms with E-state index >= 15 is 0 Å². The van der Waals surface area contributed by atoms with Crippen LogP contribution in [0, 0.1) is 13.8 Å². The fourth-order valence-electron chi connectivity index (χ4n) is 4.90. The maximum atomic E-state index is 5.35. The van der Waals surface area contributed by atoms with Crippen molar-refractivity contribution in [2.24, 2.45) is 4.99 Å². The number of ether oxygens (including phenoxy) is 1. The lowest BCUT2D eigenvalue weighted by molar-refractivity contribution is 0.254. The maximum absolute atomic E-state index is 5.35. The summed E-state index contributed by atoms with van der Waals surface area (Å²) < 4.78 is 7.69. The minimum atomic E-state index is 0.0165. The lowest BCUT2D eigenvalue weighted by Crippen LogP contribution is -2.35. The van der Waals surface area contributed by atoms with Crippen molar-refractivity contribution in [3.05, 3.63) is 77.4 Å². The molecule has 0 radical (unpaired) electrons. The molecule has 3 unspecified atom stereocenters. The number of thioether (sulfide) groups is 1. The Morgan fingerprint density at radius 1 is 1.13 bits per heavy atom. The van der Waals surface area contributed by atoms with Crippen molar-refractivity contribution in [3.63, 3.8) is 0 Å². The zero-order valence-corrected chi connectivity index (χ0v) is 19.3. The van der Waals surface area contributed by atoms with Crippen LogP contribution in [0.15, 0.2) is 59.7 Å². The highest BCUT2D eigenvalue weighted by molar-refractivity contribution is 8.14. The number of methoxy groups -OCH3 is 1. The van der Waals surface area contributed by atoms with Crippen LogP contribution in [0.2, 0.25) is 0 Å². The smallest absolute Gasteiger partial charge is 0.160 e. The third-order valence-electron chi connectivity index (χ3n) is 6.45. The maximum Gasteiger partial charge on any atom is 0.160 e. The van der Waals surface area contributed by atoms with Gasteiger partial charge in [0.2, 0.25) is 0 Å². The average Bonchev–Trinajstić information content (AvgIpc) is 3.46. The van der Waals surface area contributed by atoms with Crippen LogP contribution in [-0.4, -0.2) is 38.5 Å². The molecule has 1 aromatic carbocycles. The van der Waals surface area contributed by atoms with Crippen LogP contribution in [0.4, 0.5) is 0 Å². The zero-order chi connectivity index (χ0) is 21.5. The number of hydrogen-bond donors (Lipinski definition) is 0. The number of hydrogen-bond acceptors (Lipinski definition) is 5. The lowest BCUT2D eigenvalue weighted by atomic mass is 9.95. The van der Waals surface area contributed by atoms with Gasteiger partial charge in [-0.3, -0.25) is 9.98 Å². The van der Waals surface area contributed by atoms with E-state index in [0.717, 1.165) is 29.3 Å². The highest BCUT2D eigenvalue weighted by Gasteiger charge is 2.46. The summed E-state index contributed by atoms with van der Waals surface area (Å²) in [5.74, 6) is 1.98. The first-order valence-electron chi connectivity index (χ1n) is 10.9. The van der Waals surface area contributed by atoms with Crippen molar-refractivity contribution < 1.29 is 4.74 Å². The Labute approximate surface area is 188 Å². The number of amidine groups is 1. The molecule has 1 saturated heterocycles. The average molecular weight is 433 g/mol. The van der Waals surface area contributed by atoms with Gasteiger partial charge in [0, 0.05) is 35.1 Å². The van der Waals surface area contributed by atoms with Gasteiger partial charge in [0.1, 0.15) is 11.8 Å². The summed E-state index contributed by atoms with van der Waals surface area (Å²) in [7, 11) is 1.70. The van der Waals surface area contributed by atoms with E-state index in [1.54, 1.807) is 7.11 Å². The van der Waals surface area contributed by atoms with Crippen LogP contribution in [-0.2, 0) is 0 Å². The van der Waals surface area contributed by atoms with E-state index in [0.29, 0.717) is 6.04 Å². The summed E-state index contributed by atoms with van der Waals surface area (Å²) in [6, 6.07) is 17.5. The van der Waals surface area contributed by atoms with Gasteiger partial charge in [-0.1, -0.05) is 24.8 Å². The first kappa shape index (κ1) is 20.2. The van der Waals surface area contributed by atoms with Crippen molar-refractivity contribution in [1.29, 1.82) is 0 Å². The van der Waals surface area contributed by atoms with E-state index in [2.05, 4.69) is 65.6 Å². The van der Waals surface area contributed by atoms with Crippen molar-refractivity contribution in [1.82, 2.24) is 14.5 Å². The standard InChI is InChI=1S/C25H28N4OS/c1-5-18-15-31-25-27-23(22-8-6-7-13-26-22)24(29(18)25)21-14-16(2)28(17(21)3)19-9-11-20(30-4)12-10-19/h6-14,18,23-24H,5,15H2,1-4H3. The molecule has 31 heavy (non-hydrogen) atoms. The van der Waals surface area contributed by atoms with Gasteiger partial charge in [-0.25, -0.2) is 0 Å². The predicted octanol–water partition coefficient (Wildman–Crippen LogP) is 5.48. The third kappa shape index (κ3) is 3.33. The molecule has 2 aliphatic heterocycles. The fraction of sp³-hybridized carbons (Fsp3) is 0.360. The molecule has 5 nitrogen and oxygen atoms in total. The molecule has 0 spiro atoms. The van der Waals surface area contributed by atoms with Crippen LogP contribution in [0.5, 0.6) is 5.75 Å². The number of fused-ring (bicyclic) bond motifs is 1. The molecule has 3 aromatic rings. The predicted molar refractivity (Wildman–Crippen MR) is 127 cm³/mol. The molecule has 0 bridgehead atoms. The van der Waals surface area contributed by atoms with Gasteiger partial charge < -0.3 is 14.2 Å². The Morgan fingerprint density at radius 2 is 1.94 bits per heavy atom. The molecule has 0 amide bonds. The molecule has 0 aliphatic carbocycles. The van der Waals surface area contributed by atoms with Crippen LogP contribution < -0.4 is 4.74 Å². The first-order valence-corrected chi connectivity index (χ1v) is 11.8. The van der Waals surface area contributed by atoms with Crippen LogP contribution in [0.25, 0.3) is 5.69 Å². The fourth-order valence-corrected chi connectivity index (χ4v) is 6.24. The summed E-state index contributed by atoms with van der Waals surface area (Å²) in [5, 5.41) is 1.17. The van der Waals surface area contributed by atoms with Crippen molar-refractivity contribution >= 4 is 16.9 Å². The first-order chi connectivity index (χ1) is 15.1. The number of aliphatic imine (C=N–C) groups is 1. The van der Waals surface area contributed by atoms with Gasteiger partial charge in [0.15, 0.2) is 5.17 Å². The van der Waals surface area contributed by atoms with Crippen LogP contribution >= 0.6 is 11.8 Å². The molecule has 0 N–H and O–H groups in total. The van der Waals surface area contributed by atoms with Gasteiger partial charge in [0.05, 0.1) is 18.8 Å². The third-order valence-corrected chi connectivity index (χ3v) is 7.57. The molecule has 160 valence electrons. The molecule has 2 aliphatic rings. The molecule has 0 saturated carbocycles. The summed E-state index contributed by atoms with van der Waals surface area (Å²) in [6.45, 7) is 6.69. The Bertz CT molecular complexity index is 1110. The molecule has 5 rings (SSSR count). The SMILES string of the molecule is CCC1CSC2=NC(c3ccccn3)C(c3cc(C)n(-c4ccc(OC)cc4)c3C)N21. The monoisotopic (exact) mass is 432 g/mol. The Morgan fingerprint density at radius 3 is 2.61 bits per heavy atom. The summed E-state index contributed by atoms with van der Waals surface area (Å²) in [6.07, 6.45) is 3.00. The second-order valence-corrected chi connectivity index (χ2v) is 9.18. The molecular weight excluding hydrogens is 404 g/mol. The Kier molecular flexibility index (Phi) is 5.26. The molecule has 2 aromatic heterocycles. The van der Waals surface area contributed by atoms with E-state index in [9.17, 15) is 0 Å². The minimum Gasteiger partial charge on any atom is -0.497 e. The number of aryl methyl sites for hydroxylation is 1. The van der Waals surface area contributed by atoms with E-state index in [1.165, 1.54) is 22.1 Å². The topological polar surface area (TPSA) is 42.6 Å². The van der Waals surface area contributed by atoms with Gasteiger partial charge in [-0.2, -0.15) is 0 Å². The number of nitrogens with zero attached hydrogens (tertiary/aromatic N) is 4. The molecular formula is C25H28N4OS. The summed E-state index contributed by atoms with van der Waals surface area (Å²) in [4.78, 5) is 12.4.